The molecule has 7 atom stereocenters. The van der Waals surface area contributed by atoms with E-state index in [9.17, 15) is 9.90 Å². The number of rotatable bonds is 5. The molecule has 5 rings (SSSR count). The molecule has 35 heavy (non-hydrogen) atoms. The van der Waals surface area contributed by atoms with Crippen molar-refractivity contribution in [2.75, 3.05) is 0 Å². The molecule has 4 heteroatoms. The molecule has 4 nitrogen and oxygen atoms in total. The van der Waals surface area contributed by atoms with Gasteiger partial charge >= 0.3 is 0 Å². The zero-order valence-corrected chi connectivity index (χ0v) is 21.9. The minimum absolute atomic E-state index is 0.113. The Morgan fingerprint density at radius 3 is 2.49 bits per heavy atom. The van der Waals surface area contributed by atoms with Gasteiger partial charge in [0.15, 0.2) is 5.79 Å². The number of nitrogens with zero attached hydrogens (tertiary/aromatic N) is 1. The maximum atomic E-state index is 12.9. The Morgan fingerprint density at radius 2 is 1.83 bits per heavy atom. The third-order valence-corrected chi connectivity index (χ3v) is 11.4. The molecule has 3 saturated carbocycles. The number of nitriles is 1. The minimum atomic E-state index is -1.13. The second-order valence-electron chi connectivity index (χ2n) is 12.5. The van der Waals surface area contributed by atoms with E-state index in [0.717, 1.165) is 37.7 Å². The van der Waals surface area contributed by atoms with Gasteiger partial charge in [-0.05, 0) is 98.1 Å². The van der Waals surface area contributed by atoms with Gasteiger partial charge in [0.05, 0.1) is 18.2 Å². The first-order valence-corrected chi connectivity index (χ1v) is 13.7. The number of carbonyl (C=O) groups is 1. The number of ketones is 1. The lowest BCUT2D eigenvalue weighted by Gasteiger charge is -2.60. The van der Waals surface area contributed by atoms with Crippen molar-refractivity contribution in [3.63, 3.8) is 0 Å². The Balaban J connectivity index is 1.33. The van der Waals surface area contributed by atoms with E-state index in [-0.39, 0.29) is 16.2 Å². The Labute approximate surface area is 210 Å². The van der Waals surface area contributed by atoms with E-state index >= 15 is 0 Å². The molecule has 0 spiro atoms. The summed E-state index contributed by atoms with van der Waals surface area (Å²) in [6, 6.07) is 9.53. The van der Waals surface area contributed by atoms with Crippen LogP contribution in [0.1, 0.15) is 96.6 Å². The second-order valence-corrected chi connectivity index (χ2v) is 12.5. The van der Waals surface area contributed by atoms with Crippen LogP contribution in [0.3, 0.4) is 0 Å². The first-order valence-electron chi connectivity index (χ1n) is 13.7. The molecule has 1 aromatic rings. The van der Waals surface area contributed by atoms with E-state index in [0.29, 0.717) is 48.5 Å². The highest BCUT2D eigenvalue weighted by Crippen LogP contribution is 2.70. The van der Waals surface area contributed by atoms with Crippen LogP contribution in [0.5, 0.6) is 0 Å². The first kappa shape index (κ1) is 24.7. The van der Waals surface area contributed by atoms with Gasteiger partial charge in [0, 0.05) is 18.3 Å². The summed E-state index contributed by atoms with van der Waals surface area (Å²) in [6.45, 7) is 9.28. The first-order chi connectivity index (χ1) is 16.6. The smallest absolute Gasteiger partial charge is 0.169 e. The molecule has 0 radical (unpaired) electrons. The van der Waals surface area contributed by atoms with Gasteiger partial charge in [-0.2, -0.15) is 5.26 Å². The van der Waals surface area contributed by atoms with Crippen LogP contribution < -0.4 is 0 Å². The van der Waals surface area contributed by atoms with Crippen molar-refractivity contribution in [2.24, 2.45) is 34.0 Å². The lowest BCUT2D eigenvalue weighted by Crippen LogP contribution is -2.55. The maximum Gasteiger partial charge on any atom is 0.169 e. The number of hydrogen-bond donors (Lipinski definition) is 1. The topological polar surface area (TPSA) is 70.3 Å². The van der Waals surface area contributed by atoms with E-state index in [1.54, 1.807) is 12.1 Å². The molecule has 0 aliphatic heterocycles. The van der Waals surface area contributed by atoms with Crippen molar-refractivity contribution in [3.05, 3.63) is 47.0 Å². The minimum Gasteiger partial charge on any atom is -0.365 e. The molecule has 0 amide bonds. The fraction of sp³-hybridized carbons (Fsp3) is 0.677. The zero-order valence-electron chi connectivity index (χ0n) is 21.9. The van der Waals surface area contributed by atoms with Crippen LogP contribution in [-0.4, -0.2) is 16.7 Å². The number of fused-ring (bicyclic) bond motifs is 5. The average molecular weight is 476 g/mol. The summed E-state index contributed by atoms with van der Waals surface area (Å²) in [5, 5.41) is 20.4. The van der Waals surface area contributed by atoms with Gasteiger partial charge in [-0.15, -0.1) is 0 Å². The molecular weight excluding hydrogens is 434 g/mol. The van der Waals surface area contributed by atoms with Crippen LogP contribution in [0.2, 0.25) is 0 Å². The van der Waals surface area contributed by atoms with Gasteiger partial charge in [0.25, 0.3) is 0 Å². The highest BCUT2D eigenvalue weighted by molar-refractivity contribution is 5.83. The quantitative estimate of drug-likeness (QED) is 0.379. The lowest BCUT2D eigenvalue weighted by atomic mass is 9.45. The summed E-state index contributed by atoms with van der Waals surface area (Å²) in [5.41, 5.74) is 3.08. The highest BCUT2D eigenvalue weighted by Gasteiger charge is 2.65. The van der Waals surface area contributed by atoms with Gasteiger partial charge < -0.3 is 9.84 Å². The predicted molar refractivity (Wildman–Crippen MR) is 136 cm³/mol. The summed E-state index contributed by atoms with van der Waals surface area (Å²) in [5.74, 6) is 1.16. The fourth-order valence-corrected chi connectivity index (χ4v) is 9.18. The molecule has 4 aliphatic carbocycles. The molecule has 0 saturated heterocycles. The zero-order chi connectivity index (χ0) is 25.1. The van der Waals surface area contributed by atoms with Crippen LogP contribution in [0.15, 0.2) is 35.9 Å². The number of benzene rings is 1. The summed E-state index contributed by atoms with van der Waals surface area (Å²) < 4.78 is 6.11. The van der Waals surface area contributed by atoms with E-state index < -0.39 is 5.79 Å². The SMILES string of the molecule is CC[C@]1(C(C)=O)CC[C@H]2[C@@H]3CC=C4CC(O)(OCc5ccc(C#N)cc5)CC[C@]4(C)[C@H]3CC[C@@]21C. The van der Waals surface area contributed by atoms with E-state index in [4.69, 9.17) is 10.00 Å². The largest absolute Gasteiger partial charge is 0.365 e. The molecule has 188 valence electrons. The van der Waals surface area contributed by atoms with Crippen LogP contribution >= 0.6 is 0 Å². The Morgan fingerprint density at radius 1 is 1.11 bits per heavy atom. The molecule has 3 fully saturated rings. The van der Waals surface area contributed by atoms with Crippen LogP contribution in [0.25, 0.3) is 0 Å². The third-order valence-electron chi connectivity index (χ3n) is 11.4. The Kier molecular flexibility index (Phi) is 6.05. The third kappa shape index (κ3) is 3.65. The van der Waals surface area contributed by atoms with Crippen molar-refractivity contribution in [1.29, 1.82) is 5.26 Å². The van der Waals surface area contributed by atoms with Crippen molar-refractivity contribution < 1.29 is 14.6 Å². The van der Waals surface area contributed by atoms with E-state index in [1.165, 1.54) is 18.4 Å². The Hall–Kier alpha value is -1.96. The second kappa shape index (κ2) is 8.56. The monoisotopic (exact) mass is 475 g/mol. The van der Waals surface area contributed by atoms with Gasteiger partial charge in [-0.3, -0.25) is 4.79 Å². The number of ether oxygens (including phenoxy) is 1. The summed E-state index contributed by atoms with van der Waals surface area (Å²) in [6.07, 6.45) is 11.2. The van der Waals surface area contributed by atoms with Gasteiger partial charge in [-0.1, -0.05) is 44.6 Å². The van der Waals surface area contributed by atoms with Crippen LogP contribution in [0, 0.1) is 45.3 Å². The fourth-order valence-electron chi connectivity index (χ4n) is 9.18. The molecule has 0 heterocycles. The number of hydrogen-bond acceptors (Lipinski definition) is 4. The molecule has 4 aliphatic rings. The Bertz CT molecular complexity index is 1070. The van der Waals surface area contributed by atoms with Crippen molar-refractivity contribution in [1.82, 2.24) is 0 Å². The molecular formula is C31H41NO3. The summed E-state index contributed by atoms with van der Waals surface area (Å²) in [4.78, 5) is 12.9. The maximum absolute atomic E-state index is 12.9. The van der Waals surface area contributed by atoms with Crippen LogP contribution in [-0.2, 0) is 16.1 Å². The molecule has 1 unspecified atom stereocenters. The van der Waals surface area contributed by atoms with Crippen LogP contribution in [0.4, 0.5) is 0 Å². The number of aliphatic hydroxyl groups is 1. The lowest BCUT2D eigenvalue weighted by molar-refractivity contribution is -0.231. The molecule has 1 aromatic carbocycles. The summed E-state index contributed by atoms with van der Waals surface area (Å²) >= 11 is 0. The number of carbonyl (C=O) groups excluding carboxylic acids is 1. The molecule has 0 bridgehead atoms. The highest BCUT2D eigenvalue weighted by atomic mass is 16.6. The molecule has 1 N–H and O–H groups in total. The molecule has 0 aromatic heterocycles. The van der Waals surface area contributed by atoms with Gasteiger partial charge in [0.1, 0.15) is 5.78 Å². The van der Waals surface area contributed by atoms with Crippen molar-refractivity contribution in [3.8, 4) is 6.07 Å². The van der Waals surface area contributed by atoms with Crippen molar-refractivity contribution >= 4 is 5.78 Å². The van der Waals surface area contributed by atoms with E-state index in [1.807, 2.05) is 19.1 Å². The standard InChI is InChI=1S/C31H41NO3/c1-5-30(21(2)33)15-13-27-25-11-10-24-18-31(34,35-20-23-8-6-22(19-32)7-9-23)17-16-28(24,3)26(25)12-14-29(27,30)4/h6-10,25-27,34H,5,11-18,20H2,1-4H3/t25-,26+,27+,28+,29+,30-,31?/m1/s1. The predicted octanol–water partition coefficient (Wildman–Crippen LogP) is 6.71. The van der Waals surface area contributed by atoms with Gasteiger partial charge in [-0.25, -0.2) is 0 Å². The number of Topliss-reactive ketones (excluding diaryl/α,β-unsaturated/α-hetero) is 1. The van der Waals surface area contributed by atoms with E-state index in [2.05, 4.69) is 32.9 Å². The average Bonchev–Trinajstić information content (AvgIpc) is 3.17. The number of allylic oxidation sites excluding steroid dienone is 1. The summed E-state index contributed by atoms with van der Waals surface area (Å²) in [7, 11) is 0. The van der Waals surface area contributed by atoms with Gasteiger partial charge in [0.2, 0.25) is 0 Å². The van der Waals surface area contributed by atoms with Crippen molar-refractivity contribution in [2.45, 2.75) is 97.9 Å². The normalized spacial score (nSPS) is 42.3.